The van der Waals surface area contributed by atoms with Crippen LogP contribution >= 0.6 is 0 Å². The fourth-order valence-corrected chi connectivity index (χ4v) is 3.96. The minimum absolute atomic E-state index is 0.176. The van der Waals surface area contributed by atoms with Crippen LogP contribution in [0.3, 0.4) is 0 Å². The van der Waals surface area contributed by atoms with Gasteiger partial charge in [0.2, 0.25) is 5.91 Å². The van der Waals surface area contributed by atoms with Gasteiger partial charge in [0.1, 0.15) is 17.3 Å². The molecule has 2 atom stereocenters. The molecule has 0 saturated heterocycles. The Balaban J connectivity index is 1.60. The SMILES string of the molecule is CCOc1c(F)c(CC)c(-c2ccc3nc(NC(=O)[C@@H]4C[C@@H]4F)cn3c2)c2cn[nH]c12. The van der Waals surface area contributed by atoms with E-state index in [0.29, 0.717) is 35.6 Å². The van der Waals surface area contributed by atoms with Gasteiger partial charge >= 0.3 is 0 Å². The molecule has 0 radical (unpaired) electrons. The van der Waals surface area contributed by atoms with Crippen LogP contribution in [0.1, 0.15) is 25.8 Å². The van der Waals surface area contributed by atoms with Gasteiger partial charge in [0.25, 0.3) is 0 Å². The molecule has 1 saturated carbocycles. The molecule has 160 valence electrons. The Bertz CT molecular complexity index is 1310. The maximum absolute atomic E-state index is 15.3. The van der Waals surface area contributed by atoms with E-state index in [1.54, 1.807) is 22.9 Å². The van der Waals surface area contributed by atoms with Gasteiger partial charge in [-0.25, -0.2) is 13.8 Å². The number of pyridine rings is 1. The first kappa shape index (κ1) is 19.5. The standard InChI is InChI=1S/C22H21F2N5O2/c1-3-12-18(14-8-25-28-20(14)21(19(12)24)31-4-2)11-5-6-17-26-16(10-29(17)9-11)27-22(30)13-7-15(13)23/h5-6,8-10,13,15H,3-4,7H2,1-2H3,(H,25,28)(H,27,30)/t13-,15+/m1/s1. The molecule has 2 N–H and O–H groups in total. The van der Waals surface area contributed by atoms with Crippen LogP contribution in [0.4, 0.5) is 14.6 Å². The van der Waals surface area contributed by atoms with Crippen LogP contribution in [0.15, 0.2) is 30.7 Å². The van der Waals surface area contributed by atoms with Gasteiger partial charge in [-0.3, -0.25) is 9.89 Å². The highest BCUT2D eigenvalue weighted by Gasteiger charge is 2.43. The average molecular weight is 425 g/mol. The number of carbonyl (C=O) groups is 1. The maximum Gasteiger partial charge on any atom is 0.231 e. The van der Waals surface area contributed by atoms with Gasteiger partial charge in [-0.2, -0.15) is 5.10 Å². The van der Waals surface area contributed by atoms with E-state index in [-0.39, 0.29) is 18.1 Å². The number of alkyl halides is 1. The van der Waals surface area contributed by atoms with Crippen LogP contribution in [-0.4, -0.2) is 38.3 Å². The molecule has 0 aliphatic heterocycles. The number of carbonyl (C=O) groups excluding carboxylic acids is 1. The molecule has 1 fully saturated rings. The van der Waals surface area contributed by atoms with E-state index in [1.807, 2.05) is 26.1 Å². The number of amides is 1. The third kappa shape index (κ3) is 3.20. The maximum atomic E-state index is 15.3. The molecule has 0 bridgehead atoms. The van der Waals surface area contributed by atoms with E-state index in [4.69, 9.17) is 4.74 Å². The Morgan fingerprint density at radius 1 is 1.35 bits per heavy atom. The minimum Gasteiger partial charge on any atom is -0.489 e. The second-order valence-electron chi connectivity index (χ2n) is 7.60. The second kappa shape index (κ2) is 7.33. The summed E-state index contributed by atoms with van der Waals surface area (Å²) < 4.78 is 35.8. The quantitative estimate of drug-likeness (QED) is 0.483. The van der Waals surface area contributed by atoms with Crippen molar-refractivity contribution in [2.24, 2.45) is 5.92 Å². The van der Waals surface area contributed by atoms with E-state index >= 15 is 4.39 Å². The lowest BCUT2D eigenvalue weighted by molar-refractivity contribution is -0.117. The highest BCUT2D eigenvalue weighted by molar-refractivity contribution is 6.00. The van der Waals surface area contributed by atoms with Gasteiger partial charge in [0, 0.05) is 22.7 Å². The summed E-state index contributed by atoms with van der Waals surface area (Å²) in [5, 5.41) is 10.4. The number of H-pyrrole nitrogens is 1. The van der Waals surface area contributed by atoms with Crippen LogP contribution in [0.2, 0.25) is 0 Å². The normalized spacial score (nSPS) is 17.9. The summed E-state index contributed by atoms with van der Waals surface area (Å²) in [6.07, 6.45) is 4.81. The Hall–Kier alpha value is -3.49. The lowest BCUT2D eigenvalue weighted by Gasteiger charge is -2.15. The number of aromatic amines is 1. The highest BCUT2D eigenvalue weighted by Crippen LogP contribution is 2.40. The summed E-state index contributed by atoms with van der Waals surface area (Å²) >= 11 is 0. The number of nitrogens with one attached hydrogen (secondary N) is 2. The fraction of sp³-hybridized carbons (Fsp3) is 0.318. The number of fused-ring (bicyclic) bond motifs is 2. The number of imidazole rings is 1. The zero-order valence-corrected chi connectivity index (χ0v) is 17.1. The van der Waals surface area contributed by atoms with Gasteiger partial charge in [-0.05, 0) is 37.5 Å². The van der Waals surface area contributed by atoms with Crippen LogP contribution in [0.25, 0.3) is 27.7 Å². The lowest BCUT2D eigenvalue weighted by atomic mass is 9.94. The first-order chi connectivity index (χ1) is 15.0. The number of benzene rings is 1. The van der Waals surface area contributed by atoms with E-state index in [1.165, 1.54) is 0 Å². The molecule has 1 aliphatic rings. The number of nitrogens with zero attached hydrogens (tertiary/aromatic N) is 3. The minimum atomic E-state index is -1.07. The van der Waals surface area contributed by atoms with Crippen molar-refractivity contribution >= 4 is 28.3 Å². The average Bonchev–Trinajstić information content (AvgIpc) is 3.13. The molecule has 7 nitrogen and oxygen atoms in total. The highest BCUT2D eigenvalue weighted by atomic mass is 19.1. The Kier molecular flexibility index (Phi) is 4.60. The van der Waals surface area contributed by atoms with E-state index < -0.39 is 17.9 Å². The molecule has 3 heterocycles. The van der Waals surface area contributed by atoms with Crippen molar-refractivity contribution in [1.29, 1.82) is 0 Å². The summed E-state index contributed by atoms with van der Waals surface area (Å²) in [7, 11) is 0. The molecular formula is C22H21F2N5O2. The van der Waals surface area contributed by atoms with Gasteiger partial charge in [-0.1, -0.05) is 6.92 Å². The third-order valence-electron chi connectivity index (χ3n) is 5.58. The van der Waals surface area contributed by atoms with Crippen LogP contribution in [-0.2, 0) is 11.2 Å². The summed E-state index contributed by atoms with van der Waals surface area (Å²) in [6.45, 7) is 4.04. The van der Waals surface area contributed by atoms with Crippen LogP contribution in [0, 0.1) is 11.7 Å². The van der Waals surface area contributed by atoms with Crippen molar-refractivity contribution in [2.75, 3.05) is 11.9 Å². The lowest BCUT2D eigenvalue weighted by Crippen LogP contribution is -2.15. The molecule has 3 aromatic heterocycles. The van der Waals surface area contributed by atoms with Crippen molar-refractivity contribution in [3.05, 3.63) is 42.1 Å². The first-order valence-electron chi connectivity index (χ1n) is 10.3. The number of hydrogen-bond acceptors (Lipinski definition) is 4. The Labute approximate surface area is 176 Å². The molecule has 31 heavy (non-hydrogen) atoms. The summed E-state index contributed by atoms with van der Waals surface area (Å²) in [6, 6.07) is 3.65. The number of halogens is 2. The van der Waals surface area contributed by atoms with Gasteiger partial charge in [0.15, 0.2) is 17.4 Å². The van der Waals surface area contributed by atoms with Crippen molar-refractivity contribution < 1.29 is 18.3 Å². The number of anilines is 1. The molecular weight excluding hydrogens is 404 g/mol. The van der Waals surface area contributed by atoms with Crippen LogP contribution in [0.5, 0.6) is 5.75 Å². The molecule has 5 rings (SSSR count). The predicted octanol–water partition coefficient (Wildman–Crippen LogP) is 4.27. The number of aromatic nitrogens is 4. The van der Waals surface area contributed by atoms with E-state index in [0.717, 1.165) is 16.5 Å². The number of hydrogen-bond donors (Lipinski definition) is 2. The molecule has 9 heteroatoms. The zero-order chi connectivity index (χ0) is 21.7. The van der Waals surface area contributed by atoms with E-state index in [2.05, 4.69) is 20.5 Å². The summed E-state index contributed by atoms with van der Waals surface area (Å²) in [5.74, 6) is -0.828. The second-order valence-corrected chi connectivity index (χ2v) is 7.60. The van der Waals surface area contributed by atoms with Crippen LogP contribution < -0.4 is 10.1 Å². The fourth-order valence-electron chi connectivity index (χ4n) is 3.96. The molecule has 1 aromatic carbocycles. The third-order valence-corrected chi connectivity index (χ3v) is 5.58. The van der Waals surface area contributed by atoms with Gasteiger partial charge in [0.05, 0.1) is 24.9 Å². The van der Waals surface area contributed by atoms with Crippen molar-refractivity contribution in [3.63, 3.8) is 0 Å². The van der Waals surface area contributed by atoms with Crippen molar-refractivity contribution in [3.8, 4) is 16.9 Å². The summed E-state index contributed by atoms with van der Waals surface area (Å²) in [5.41, 5.74) is 3.16. The van der Waals surface area contributed by atoms with Crippen molar-refractivity contribution in [2.45, 2.75) is 32.9 Å². The summed E-state index contributed by atoms with van der Waals surface area (Å²) in [4.78, 5) is 16.4. The molecule has 0 spiro atoms. The predicted molar refractivity (Wildman–Crippen MR) is 112 cm³/mol. The largest absolute Gasteiger partial charge is 0.489 e. The molecule has 1 amide bonds. The number of rotatable bonds is 6. The topological polar surface area (TPSA) is 84.3 Å². The molecule has 0 unspecified atom stereocenters. The van der Waals surface area contributed by atoms with Gasteiger partial charge < -0.3 is 14.5 Å². The Morgan fingerprint density at radius 2 is 2.16 bits per heavy atom. The monoisotopic (exact) mass is 425 g/mol. The smallest absolute Gasteiger partial charge is 0.231 e. The van der Waals surface area contributed by atoms with Crippen molar-refractivity contribution in [1.82, 2.24) is 19.6 Å². The van der Waals surface area contributed by atoms with Gasteiger partial charge in [-0.15, -0.1) is 0 Å². The Morgan fingerprint density at radius 3 is 2.87 bits per heavy atom. The zero-order valence-electron chi connectivity index (χ0n) is 17.1. The molecule has 4 aromatic rings. The molecule has 1 aliphatic carbocycles. The number of ether oxygens (including phenoxy) is 1. The van der Waals surface area contributed by atoms with E-state index in [9.17, 15) is 9.18 Å². The first-order valence-corrected chi connectivity index (χ1v) is 10.3.